The number of nitrogens with one attached hydrogen (secondary N) is 1. The third-order valence-corrected chi connectivity index (χ3v) is 4.88. The molecule has 7 heteroatoms. The molecule has 146 valence electrons. The van der Waals surface area contributed by atoms with E-state index in [1.807, 2.05) is 24.3 Å². The number of methoxy groups -OCH3 is 1. The fourth-order valence-electron chi connectivity index (χ4n) is 3.45. The van der Waals surface area contributed by atoms with E-state index in [4.69, 9.17) is 4.74 Å². The summed E-state index contributed by atoms with van der Waals surface area (Å²) in [5.74, 6) is 0.496. The second kappa shape index (κ2) is 9.26. The first-order valence-electron chi connectivity index (χ1n) is 8.90. The van der Waals surface area contributed by atoms with Gasteiger partial charge in [0.15, 0.2) is 0 Å². The summed E-state index contributed by atoms with van der Waals surface area (Å²) in [4.78, 5) is 12.0. The van der Waals surface area contributed by atoms with Gasteiger partial charge in [0, 0.05) is 18.4 Å². The van der Waals surface area contributed by atoms with Gasteiger partial charge >= 0.3 is 6.18 Å². The topological polar surface area (TPSA) is 47.6 Å². The van der Waals surface area contributed by atoms with Crippen LogP contribution in [0.3, 0.4) is 0 Å². The molecule has 1 N–H and O–H groups in total. The van der Waals surface area contributed by atoms with Crippen LogP contribution >= 0.6 is 0 Å². The molecule has 0 unspecified atom stereocenters. The Morgan fingerprint density at radius 1 is 1.15 bits per heavy atom. The number of hydrogen-bond acceptors (Lipinski definition) is 3. The number of amides is 1. The van der Waals surface area contributed by atoms with Gasteiger partial charge in [-0.05, 0) is 30.5 Å². The molecule has 1 aliphatic carbocycles. The second-order valence-corrected chi connectivity index (χ2v) is 6.76. The van der Waals surface area contributed by atoms with Gasteiger partial charge in [-0.1, -0.05) is 31.4 Å². The lowest BCUT2D eigenvalue weighted by atomic mass is 9.69. The molecule has 1 fully saturated rings. The summed E-state index contributed by atoms with van der Waals surface area (Å²) in [7, 11) is 1.62. The molecule has 0 atom stereocenters. The molecule has 0 heterocycles. The molecule has 1 aromatic rings. The number of ether oxygens (including phenoxy) is 2. The molecule has 26 heavy (non-hydrogen) atoms. The Balaban J connectivity index is 1.90. The van der Waals surface area contributed by atoms with Gasteiger partial charge in [0.1, 0.15) is 12.4 Å². The zero-order chi connectivity index (χ0) is 19.0. The van der Waals surface area contributed by atoms with Crippen LogP contribution in [0, 0.1) is 0 Å². The molecule has 1 amide bonds. The summed E-state index contributed by atoms with van der Waals surface area (Å²) < 4.78 is 45.8. The van der Waals surface area contributed by atoms with Gasteiger partial charge in [0.2, 0.25) is 5.91 Å². The lowest BCUT2D eigenvalue weighted by Gasteiger charge is -2.38. The van der Waals surface area contributed by atoms with E-state index in [0.717, 1.165) is 37.0 Å². The van der Waals surface area contributed by atoms with Gasteiger partial charge in [-0.3, -0.25) is 4.79 Å². The highest BCUT2D eigenvalue weighted by Crippen LogP contribution is 2.39. The Hall–Kier alpha value is -1.76. The number of rotatable bonds is 8. The van der Waals surface area contributed by atoms with Crippen molar-refractivity contribution in [3.05, 3.63) is 29.8 Å². The maximum atomic E-state index is 12.0. The first kappa shape index (κ1) is 20.6. The standard InChI is InChI=1S/C19H26F3NO3/c1-25-16-7-5-15(6-8-16)18(10-3-2-4-11-18)13-23-17(24)9-12-26-14-19(20,21)22/h5-8H,2-4,9-14H2,1H3,(H,23,24). The molecule has 1 aliphatic rings. The predicted molar refractivity (Wildman–Crippen MR) is 92.3 cm³/mol. The van der Waals surface area contributed by atoms with Gasteiger partial charge in [-0.15, -0.1) is 0 Å². The van der Waals surface area contributed by atoms with E-state index in [-0.39, 0.29) is 24.3 Å². The average Bonchev–Trinajstić information content (AvgIpc) is 2.64. The van der Waals surface area contributed by atoms with Gasteiger partial charge in [-0.25, -0.2) is 0 Å². The Morgan fingerprint density at radius 3 is 2.38 bits per heavy atom. The molecule has 0 saturated heterocycles. The van der Waals surface area contributed by atoms with E-state index in [1.54, 1.807) is 7.11 Å². The normalized spacial score (nSPS) is 16.9. The number of carbonyl (C=O) groups is 1. The minimum atomic E-state index is -4.36. The van der Waals surface area contributed by atoms with Crippen LogP contribution in [0.25, 0.3) is 0 Å². The van der Waals surface area contributed by atoms with Crippen molar-refractivity contribution < 1.29 is 27.4 Å². The van der Waals surface area contributed by atoms with Crippen LogP contribution in [0.2, 0.25) is 0 Å². The second-order valence-electron chi connectivity index (χ2n) is 6.76. The van der Waals surface area contributed by atoms with Crippen molar-refractivity contribution in [2.45, 2.75) is 50.1 Å². The van der Waals surface area contributed by atoms with E-state index < -0.39 is 12.8 Å². The van der Waals surface area contributed by atoms with Crippen LogP contribution in [0.1, 0.15) is 44.1 Å². The summed E-state index contributed by atoms with van der Waals surface area (Å²) in [6.45, 7) is -1.08. The fraction of sp³-hybridized carbons (Fsp3) is 0.632. The quantitative estimate of drug-likeness (QED) is 0.701. The Bertz CT molecular complexity index is 566. The fourth-order valence-corrected chi connectivity index (χ4v) is 3.45. The van der Waals surface area contributed by atoms with E-state index in [2.05, 4.69) is 10.1 Å². The molecule has 0 bridgehead atoms. The van der Waals surface area contributed by atoms with Crippen LogP contribution in [0.5, 0.6) is 5.75 Å². The van der Waals surface area contributed by atoms with E-state index in [1.165, 1.54) is 6.42 Å². The first-order valence-corrected chi connectivity index (χ1v) is 8.90. The lowest BCUT2D eigenvalue weighted by Crippen LogP contribution is -2.42. The predicted octanol–water partition coefficient (Wildman–Crippen LogP) is 3.98. The minimum Gasteiger partial charge on any atom is -0.497 e. The number of hydrogen-bond donors (Lipinski definition) is 1. The average molecular weight is 373 g/mol. The van der Waals surface area contributed by atoms with Crippen molar-refractivity contribution in [2.75, 3.05) is 26.9 Å². The van der Waals surface area contributed by atoms with Crippen molar-refractivity contribution in [3.8, 4) is 5.75 Å². The molecule has 0 aliphatic heterocycles. The molecule has 0 radical (unpaired) electrons. The molecule has 2 rings (SSSR count). The third kappa shape index (κ3) is 6.20. The maximum Gasteiger partial charge on any atom is 0.411 e. The molecular formula is C19H26F3NO3. The van der Waals surface area contributed by atoms with Gasteiger partial charge in [-0.2, -0.15) is 13.2 Å². The van der Waals surface area contributed by atoms with Gasteiger partial charge in [0.25, 0.3) is 0 Å². The number of alkyl halides is 3. The Kier molecular flexibility index (Phi) is 7.32. The molecule has 0 spiro atoms. The van der Waals surface area contributed by atoms with Crippen molar-refractivity contribution >= 4 is 5.91 Å². The Morgan fingerprint density at radius 2 is 1.81 bits per heavy atom. The highest BCUT2D eigenvalue weighted by Gasteiger charge is 2.34. The zero-order valence-electron chi connectivity index (χ0n) is 15.0. The number of halogens is 3. The summed E-state index contributed by atoms with van der Waals surface area (Å²) >= 11 is 0. The van der Waals surface area contributed by atoms with E-state index in [0.29, 0.717) is 6.54 Å². The van der Waals surface area contributed by atoms with Crippen molar-refractivity contribution in [2.24, 2.45) is 0 Å². The maximum absolute atomic E-state index is 12.0. The zero-order valence-corrected chi connectivity index (χ0v) is 15.0. The van der Waals surface area contributed by atoms with Crippen molar-refractivity contribution in [1.82, 2.24) is 5.32 Å². The molecule has 1 saturated carbocycles. The van der Waals surface area contributed by atoms with Gasteiger partial charge in [0.05, 0.1) is 13.7 Å². The van der Waals surface area contributed by atoms with Crippen LogP contribution in [0.4, 0.5) is 13.2 Å². The molecule has 4 nitrogen and oxygen atoms in total. The van der Waals surface area contributed by atoms with Crippen LogP contribution in [-0.4, -0.2) is 39.0 Å². The van der Waals surface area contributed by atoms with Gasteiger partial charge < -0.3 is 14.8 Å². The summed E-state index contributed by atoms with van der Waals surface area (Å²) in [5, 5.41) is 2.89. The van der Waals surface area contributed by atoms with Crippen LogP contribution in [-0.2, 0) is 14.9 Å². The smallest absolute Gasteiger partial charge is 0.411 e. The SMILES string of the molecule is COc1ccc(C2(CNC(=O)CCOCC(F)(F)F)CCCCC2)cc1. The lowest BCUT2D eigenvalue weighted by molar-refractivity contribution is -0.174. The Labute approximate surface area is 152 Å². The summed E-state index contributed by atoms with van der Waals surface area (Å²) in [6.07, 6.45) is 0.879. The molecular weight excluding hydrogens is 347 g/mol. The minimum absolute atomic E-state index is 0.0746. The van der Waals surface area contributed by atoms with E-state index >= 15 is 0 Å². The molecule has 0 aromatic heterocycles. The van der Waals surface area contributed by atoms with Crippen LogP contribution < -0.4 is 10.1 Å². The number of carbonyl (C=O) groups excluding carboxylic acids is 1. The highest BCUT2D eigenvalue weighted by atomic mass is 19.4. The highest BCUT2D eigenvalue weighted by molar-refractivity contribution is 5.76. The first-order chi connectivity index (χ1) is 12.3. The van der Waals surface area contributed by atoms with E-state index in [9.17, 15) is 18.0 Å². The van der Waals surface area contributed by atoms with Crippen LogP contribution in [0.15, 0.2) is 24.3 Å². The van der Waals surface area contributed by atoms with Crippen molar-refractivity contribution in [3.63, 3.8) is 0 Å². The summed E-state index contributed by atoms with van der Waals surface area (Å²) in [6, 6.07) is 7.89. The third-order valence-electron chi connectivity index (χ3n) is 4.88. The summed E-state index contributed by atoms with van der Waals surface area (Å²) in [5.41, 5.74) is 1.03. The molecule has 1 aromatic carbocycles. The monoisotopic (exact) mass is 373 g/mol. The largest absolute Gasteiger partial charge is 0.497 e. The number of benzene rings is 1. The van der Waals surface area contributed by atoms with Crippen molar-refractivity contribution in [1.29, 1.82) is 0 Å².